The van der Waals surface area contributed by atoms with Crippen molar-refractivity contribution in [3.8, 4) is 22.9 Å². The van der Waals surface area contributed by atoms with Crippen molar-refractivity contribution in [1.29, 1.82) is 0 Å². The lowest BCUT2D eigenvalue weighted by Gasteiger charge is -2.31. The quantitative estimate of drug-likeness (QED) is 0.158. The molecule has 0 aliphatic heterocycles. The lowest BCUT2D eigenvalue weighted by atomic mass is 10.1. The molecule has 0 fully saturated rings. The summed E-state index contributed by atoms with van der Waals surface area (Å²) in [6.07, 6.45) is 0. The van der Waals surface area contributed by atoms with Gasteiger partial charge in [-0.15, -0.1) is 11.1 Å². The maximum absolute atomic E-state index is 13.2. The monoisotopic (exact) mass is 607 g/mol. The summed E-state index contributed by atoms with van der Waals surface area (Å²) < 4.78 is 0. The van der Waals surface area contributed by atoms with Crippen molar-refractivity contribution in [3.63, 3.8) is 0 Å². The third kappa shape index (κ3) is 8.97. The first kappa shape index (κ1) is 33.5. The van der Waals surface area contributed by atoms with E-state index in [1.807, 2.05) is 48.5 Å². The van der Waals surface area contributed by atoms with Gasteiger partial charge in [-0.1, -0.05) is 91.7 Å². The Morgan fingerprint density at radius 2 is 1.00 bits per heavy atom. The lowest BCUT2D eigenvalue weighted by Crippen LogP contribution is -2.35. The van der Waals surface area contributed by atoms with E-state index in [9.17, 15) is 9.59 Å². The third-order valence-corrected chi connectivity index (χ3v) is 17.5. The molecule has 0 saturated heterocycles. The van der Waals surface area contributed by atoms with E-state index < -0.39 is 16.1 Å². The molecule has 0 heterocycles. The van der Waals surface area contributed by atoms with E-state index in [2.05, 4.69) is 101 Å². The Bertz CT molecular complexity index is 1530. The number of carbonyl (C=O) groups excluding carboxylic acids is 2. The molecule has 0 radical (unpaired) electrons. The molecule has 5 nitrogen and oxygen atoms in total. The summed E-state index contributed by atoms with van der Waals surface area (Å²) in [6, 6.07) is 19.6. The number of nitrogens with two attached hydrogens (primary N) is 1. The average molecular weight is 608 g/mol. The zero-order valence-corrected chi connectivity index (χ0v) is 29.2. The summed E-state index contributed by atoms with van der Waals surface area (Å²) in [5.74, 6) is 5.89. The van der Waals surface area contributed by atoms with Gasteiger partial charge in [-0.3, -0.25) is 9.59 Å². The molecule has 224 valence electrons. The fourth-order valence-electron chi connectivity index (χ4n) is 3.50. The van der Waals surface area contributed by atoms with Crippen LogP contribution >= 0.6 is 0 Å². The highest BCUT2D eigenvalue weighted by molar-refractivity contribution is 6.88. The molecule has 3 aromatic rings. The molecule has 0 aliphatic rings. The average Bonchev–Trinajstić information content (AvgIpc) is 2.89. The van der Waals surface area contributed by atoms with E-state index in [1.54, 1.807) is 18.2 Å². The molecule has 4 N–H and O–H groups in total. The minimum atomic E-state index is -1.77. The predicted octanol–water partition coefficient (Wildman–Crippen LogP) is 8.57. The number of nitrogen functional groups attached to an aromatic ring is 1. The second-order valence-electron chi connectivity index (χ2n) is 14.2. The fraction of sp³-hybridized carbons (Fsp3) is 0.333. The van der Waals surface area contributed by atoms with Gasteiger partial charge in [0.1, 0.15) is 16.1 Å². The molecule has 2 amide bonds. The minimum absolute atomic E-state index is 0.157. The summed E-state index contributed by atoms with van der Waals surface area (Å²) in [4.78, 5) is 26.4. The molecular weight excluding hydrogens is 563 g/mol. The number of hydrogen-bond acceptors (Lipinski definition) is 3. The normalized spacial score (nSPS) is 11.9. The van der Waals surface area contributed by atoms with Crippen LogP contribution < -0.4 is 16.4 Å². The largest absolute Gasteiger partial charge is 0.399 e. The Kier molecular flexibility index (Phi) is 9.86. The van der Waals surface area contributed by atoms with Crippen molar-refractivity contribution >= 4 is 45.0 Å². The van der Waals surface area contributed by atoms with E-state index in [0.29, 0.717) is 17.1 Å². The molecule has 0 aliphatic carbocycles. The summed E-state index contributed by atoms with van der Waals surface area (Å²) in [5, 5.41) is 6.15. The topological polar surface area (TPSA) is 84.2 Å². The van der Waals surface area contributed by atoms with Gasteiger partial charge in [0.15, 0.2) is 0 Å². The Balaban J connectivity index is 1.77. The first-order valence-corrected chi connectivity index (χ1v) is 20.6. The number of carbonyl (C=O) groups is 2. The second-order valence-corrected chi connectivity index (χ2v) is 24.2. The molecule has 3 aromatic carbocycles. The zero-order valence-electron chi connectivity index (χ0n) is 27.2. The van der Waals surface area contributed by atoms with Crippen LogP contribution in [0.5, 0.6) is 0 Å². The molecule has 0 atom stereocenters. The van der Waals surface area contributed by atoms with Gasteiger partial charge in [-0.25, -0.2) is 0 Å². The van der Waals surface area contributed by atoms with Crippen molar-refractivity contribution in [2.24, 2.45) is 0 Å². The number of hydrogen-bond donors (Lipinski definition) is 3. The first-order chi connectivity index (χ1) is 19.8. The van der Waals surface area contributed by atoms with E-state index in [4.69, 9.17) is 5.73 Å². The van der Waals surface area contributed by atoms with Crippen molar-refractivity contribution < 1.29 is 9.59 Å². The smallest absolute Gasteiger partial charge is 0.255 e. The molecule has 0 saturated carbocycles. The van der Waals surface area contributed by atoms with E-state index >= 15 is 0 Å². The highest BCUT2D eigenvalue weighted by Crippen LogP contribution is 2.36. The summed E-state index contributed by atoms with van der Waals surface area (Å²) in [7, 11) is -3.54. The van der Waals surface area contributed by atoms with Crippen LogP contribution in [0, 0.1) is 22.9 Å². The van der Waals surface area contributed by atoms with E-state index in [1.165, 1.54) is 0 Å². The van der Waals surface area contributed by atoms with Crippen molar-refractivity contribution in [1.82, 2.24) is 0 Å². The number of amides is 2. The fourth-order valence-corrected chi connectivity index (χ4v) is 5.17. The highest BCUT2D eigenvalue weighted by atomic mass is 28.3. The first-order valence-electron chi connectivity index (χ1n) is 14.6. The zero-order chi connectivity index (χ0) is 32.2. The van der Waals surface area contributed by atoms with Crippen molar-refractivity contribution in [2.45, 2.75) is 77.8 Å². The van der Waals surface area contributed by atoms with Gasteiger partial charge >= 0.3 is 0 Å². The van der Waals surface area contributed by atoms with Crippen molar-refractivity contribution in [2.75, 3.05) is 16.4 Å². The molecular formula is C36H45N3O2Si2. The van der Waals surface area contributed by atoms with Crippen LogP contribution in [0.15, 0.2) is 66.7 Å². The predicted molar refractivity (Wildman–Crippen MR) is 188 cm³/mol. The van der Waals surface area contributed by atoms with Gasteiger partial charge in [-0.2, -0.15) is 0 Å². The van der Waals surface area contributed by atoms with Crippen LogP contribution in [0.2, 0.25) is 36.3 Å². The van der Waals surface area contributed by atoms with E-state index in [-0.39, 0.29) is 33.0 Å². The Morgan fingerprint density at radius 3 is 1.35 bits per heavy atom. The molecule has 3 rings (SSSR count). The third-order valence-electron chi connectivity index (χ3n) is 8.51. The Hall–Kier alpha value is -4.05. The highest BCUT2D eigenvalue weighted by Gasteiger charge is 2.34. The Morgan fingerprint density at radius 1 is 0.628 bits per heavy atom. The molecule has 0 bridgehead atoms. The van der Waals surface area contributed by atoms with Crippen LogP contribution in [-0.2, 0) is 0 Å². The van der Waals surface area contributed by atoms with Crippen LogP contribution in [-0.4, -0.2) is 28.0 Å². The van der Waals surface area contributed by atoms with Crippen LogP contribution in [0.25, 0.3) is 0 Å². The molecule has 0 aromatic heterocycles. The summed E-state index contributed by atoms with van der Waals surface area (Å²) in [5.41, 5.74) is 16.9. The van der Waals surface area contributed by atoms with Gasteiger partial charge in [0.25, 0.3) is 11.8 Å². The number of benzene rings is 3. The number of nitrogens with one attached hydrogen (secondary N) is 2. The van der Waals surface area contributed by atoms with Crippen molar-refractivity contribution in [3.05, 3.63) is 89.0 Å². The van der Waals surface area contributed by atoms with Crippen LogP contribution in [0.4, 0.5) is 17.1 Å². The maximum atomic E-state index is 13.2. The summed E-state index contributed by atoms with van der Waals surface area (Å²) >= 11 is 0. The SMILES string of the molecule is CC(C)(C)[Si](C)(C)C#Cc1cccc(NC(=O)c2cc(N)cc(C(=O)Nc3cccc(C#C[Si](C)(C)C(C)(C)C)c3)c2)c1. The molecule has 7 heteroatoms. The van der Waals surface area contributed by atoms with Gasteiger partial charge < -0.3 is 16.4 Å². The molecule has 0 spiro atoms. The van der Waals surface area contributed by atoms with Gasteiger partial charge in [-0.05, 0) is 64.7 Å². The van der Waals surface area contributed by atoms with Crippen LogP contribution in [0.3, 0.4) is 0 Å². The Labute approximate surface area is 260 Å². The second kappa shape index (κ2) is 12.7. The summed E-state index contributed by atoms with van der Waals surface area (Å²) in [6.45, 7) is 22.4. The van der Waals surface area contributed by atoms with Gasteiger partial charge in [0, 0.05) is 39.3 Å². The number of rotatable bonds is 4. The standard InChI is InChI=1S/C36H45N3O2Si2/c1-35(2,3)42(7,8)19-17-26-13-11-15-31(21-26)38-33(40)28-23-29(25-30(37)24-28)34(41)39-32-16-12-14-27(22-32)18-20-43(9,10)36(4,5)6/h11-16,21-25H,37H2,1-10H3,(H,38,40)(H,39,41). The lowest BCUT2D eigenvalue weighted by molar-refractivity contribution is 0.102. The van der Waals surface area contributed by atoms with E-state index in [0.717, 1.165) is 11.1 Å². The molecule has 0 unspecified atom stereocenters. The number of anilines is 3. The van der Waals surface area contributed by atoms with Gasteiger partial charge in [0.05, 0.1) is 0 Å². The minimum Gasteiger partial charge on any atom is -0.399 e. The van der Waals surface area contributed by atoms with Gasteiger partial charge in [0.2, 0.25) is 0 Å². The van der Waals surface area contributed by atoms with Crippen LogP contribution in [0.1, 0.15) is 73.4 Å². The maximum Gasteiger partial charge on any atom is 0.255 e. The molecule has 43 heavy (non-hydrogen) atoms.